The average molecular weight is 348 g/mol. The van der Waals surface area contributed by atoms with Crippen LogP contribution in [0.4, 0.5) is 5.69 Å². The first kappa shape index (κ1) is 15.6. The highest BCUT2D eigenvalue weighted by atomic mass is 79.9. The SMILES string of the molecule is Cc1ccc(OCC(=O)Nc2ccc(C)cc2Br)c(C)c1. The molecule has 0 aliphatic carbocycles. The minimum atomic E-state index is -0.181. The zero-order chi connectivity index (χ0) is 15.4. The summed E-state index contributed by atoms with van der Waals surface area (Å²) in [5.41, 5.74) is 4.08. The first-order valence-corrected chi connectivity index (χ1v) is 7.51. The van der Waals surface area contributed by atoms with Crippen molar-refractivity contribution in [2.75, 3.05) is 11.9 Å². The molecule has 2 aromatic carbocycles. The van der Waals surface area contributed by atoms with Crippen LogP contribution in [0, 0.1) is 20.8 Å². The average Bonchev–Trinajstić information content (AvgIpc) is 2.41. The number of halogens is 1. The number of amides is 1. The lowest BCUT2D eigenvalue weighted by Gasteiger charge is -2.11. The highest BCUT2D eigenvalue weighted by molar-refractivity contribution is 9.10. The highest BCUT2D eigenvalue weighted by Crippen LogP contribution is 2.23. The molecule has 0 heterocycles. The molecule has 4 heteroatoms. The second kappa shape index (κ2) is 6.76. The number of hydrogen-bond acceptors (Lipinski definition) is 2. The van der Waals surface area contributed by atoms with E-state index in [-0.39, 0.29) is 12.5 Å². The first-order chi connectivity index (χ1) is 9.95. The second-order valence-electron chi connectivity index (χ2n) is 5.09. The monoisotopic (exact) mass is 347 g/mol. The van der Waals surface area contributed by atoms with Crippen molar-refractivity contribution >= 4 is 27.5 Å². The Labute approximate surface area is 133 Å². The predicted octanol–water partition coefficient (Wildman–Crippen LogP) is 4.39. The van der Waals surface area contributed by atoms with Gasteiger partial charge in [0.1, 0.15) is 5.75 Å². The van der Waals surface area contributed by atoms with E-state index in [1.165, 1.54) is 5.56 Å². The number of hydrogen-bond donors (Lipinski definition) is 1. The van der Waals surface area contributed by atoms with E-state index in [1.807, 2.05) is 57.2 Å². The van der Waals surface area contributed by atoms with Gasteiger partial charge in [0.05, 0.1) is 5.69 Å². The van der Waals surface area contributed by atoms with Crippen molar-refractivity contribution in [1.29, 1.82) is 0 Å². The molecule has 0 saturated heterocycles. The molecule has 0 aromatic heterocycles. The molecular formula is C17H18BrNO2. The van der Waals surface area contributed by atoms with Crippen LogP contribution in [0.5, 0.6) is 5.75 Å². The van der Waals surface area contributed by atoms with Gasteiger partial charge in [0.2, 0.25) is 0 Å². The van der Waals surface area contributed by atoms with E-state index < -0.39 is 0 Å². The molecule has 0 aliphatic heterocycles. The summed E-state index contributed by atoms with van der Waals surface area (Å²) in [6.07, 6.45) is 0. The van der Waals surface area contributed by atoms with Gasteiger partial charge in [0.15, 0.2) is 6.61 Å². The molecule has 110 valence electrons. The van der Waals surface area contributed by atoms with E-state index in [1.54, 1.807) is 0 Å². The van der Waals surface area contributed by atoms with Gasteiger partial charge in [0.25, 0.3) is 5.91 Å². The molecule has 0 fully saturated rings. The van der Waals surface area contributed by atoms with Crippen molar-refractivity contribution in [2.45, 2.75) is 20.8 Å². The summed E-state index contributed by atoms with van der Waals surface area (Å²) in [7, 11) is 0. The maximum atomic E-state index is 11.9. The maximum Gasteiger partial charge on any atom is 0.262 e. The lowest BCUT2D eigenvalue weighted by atomic mass is 10.1. The van der Waals surface area contributed by atoms with Crippen molar-refractivity contribution in [3.8, 4) is 5.75 Å². The fourth-order valence-electron chi connectivity index (χ4n) is 2.01. The summed E-state index contributed by atoms with van der Waals surface area (Å²) in [4.78, 5) is 11.9. The Balaban J connectivity index is 1.96. The van der Waals surface area contributed by atoms with Gasteiger partial charge in [-0.25, -0.2) is 0 Å². The molecular weight excluding hydrogens is 330 g/mol. The molecule has 0 saturated carbocycles. The molecule has 3 nitrogen and oxygen atoms in total. The van der Waals surface area contributed by atoms with Crippen LogP contribution in [0.15, 0.2) is 40.9 Å². The van der Waals surface area contributed by atoms with Gasteiger partial charge in [-0.3, -0.25) is 4.79 Å². The Bertz CT molecular complexity index is 668. The Morgan fingerprint density at radius 1 is 1.10 bits per heavy atom. The summed E-state index contributed by atoms with van der Waals surface area (Å²) in [5, 5.41) is 2.83. The lowest BCUT2D eigenvalue weighted by molar-refractivity contribution is -0.118. The highest BCUT2D eigenvalue weighted by Gasteiger charge is 2.08. The molecule has 0 spiro atoms. The number of ether oxygens (including phenoxy) is 1. The van der Waals surface area contributed by atoms with Gasteiger partial charge in [-0.2, -0.15) is 0 Å². The first-order valence-electron chi connectivity index (χ1n) is 6.72. The topological polar surface area (TPSA) is 38.3 Å². The number of carbonyl (C=O) groups excluding carboxylic acids is 1. The maximum absolute atomic E-state index is 11.9. The number of rotatable bonds is 4. The van der Waals surface area contributed by atoms with Crippen LogP contribution in [-0.2, 0) is 4.79 Å². The molecule has 0 atom stereocenters. The van der Waals surface area contributed by atoms with Crippen molar-refractivity contribution in [2.24, 2.45) is 0 Å². The van der Waals surface area contributed by atoms with E-state index in [9.17, 15) is 4.79 Å². The summed E-state index contributed by atoms with van der Waals surface area (Å²) in [6.45, 7) is 5.99. The van der Waals surface area contributed by atoms with Gasteiger partial charge in [0, 0.05) is 4.47 Å². The van der Waals surface area contributed by atoms with Gasteiger partial charge in [-0.15, -0.1) is 0 Å². The molecule has 1 amide bonds. The second-order valence-corrected chi connectivity index (χ2v) is 5.94. The molecule has 1 N–H and O–H groups in total. The third-order valence-electron chi connectivity index (χ3n) is 3.09. The van der Waals surface area contributed by atoms with Crippen molar-refractivity contribution < 1.29 is 9.53 Å². The van der Waals surface area contributed by atoms with Crippen LogP contribution >= 0.6 is 15.9 Å². The molecule has 0 bridgehead atoms. The fraction of sp³-hybridized carbons (Fsp3) is 0.235. The summed E-state index contributed by atoms with van der Waals surface area (Å²) < 4.78 is 6.43. The minimum Gasteiger partial charge on any atom is -0.483 e. The van der Waals surface area contributed by atoms with Crippen LogP contribution in [-0.4, -0.2) is 12.5 Å². The molecule has 2 aromatic rings. The van der Waals surface area contributed by atoms with Crippen LogP contribution in [0.1, 0.15) is 16.7 Å². The number of anilines is 1. The van der Waals surface area contributed by atoms with Crippen LogP contribution in [0.2, 0.25) is 0 Å². The van der Waals surface area contributed by atoms with E-state index in [4.69, 9.17) is 4.74 Å². The Morgan fingerprint density at radius 2 is 1.76 bits per heavy atom. The molecule has 0 radical (unpaired) electrons. The molecule has 2 rings (SSSR count). The summed E-state index contributed by atoms with van der Waals surface area (Å²) in [6, 6.07) is 11.7. The number of nitrogens with one attached hydrogen (secondary N) is 1. The minimum absolute atomic E-state index is 0.00970. The van der Waals surface area contributed by atoms with Crippen molar-refractivity contribution in [3.63, 3.8) is 0 Å². The quantitative estimate of drug-likeness (QED) is 0.890. The largest absolute Gasteiger partial charge is 0.483 e. The van der Waals surface area contributed by atoms with E-state index in [0.29, 0.717) is 0 Å². The van der Waals surface area contributed by atoms with Crippen molar-refractivity contribution in [3.05, 3.63) is 57.6 Å². The van der Waals surface area contributed by atoms with E-state index >= 15 is 0 Å². The predicted molar refractivity (Wildman–Crippen MR) is 88.9 cm³/mol. The Hall–Kier alpha value is -1.81. The smallest absolute Gasteiger partial charge is 0.262 e. The van der Waals surface area contributed by atoms with Gasteiger partial charge >= 0.3 is 0 Å². The van der Waals surface area contributed by atoms with Crippen LogP contribution in [0.25, 0.3) is 0 Å². The number of aryl methyl sites for hydroxylation is 3. The molecule has 0 aliphatic rings. The lowest BCUT2D eigenvalue weighted by Crippen LogP contribution is -2.20. The molecule has 0 unspecified atom stereocenters. The zero-order valence-electron chi connectivity index (χ0n) is 12.4. The standard InChI is InChI=1S/C17H18BrNO2/c1-11-5-7-16(13(3)8-11)21-10-17(20)19-15-6-4-12(2)9-14(15)18/h4-9H,10H2,1-3H3,(H,19,20). The normalized spacial score (nSPS) is 10.3. The van der Waals surface area contributed by atoms with Gasteiger partial charge < -0.3 is 10.1 Å². The van der Waals surface area contributed by atoms with Crippen LogP contribution in [0.3, 0.4) is 0 Å². The van der Waals surface area contributed by atoms with Crippen LogP contribution < -0.4 is 10.1 Å². The number of benzene rings is 2. The molecule has 21 heavy (non-hydrogen) atoms. The van der Waals surface area contributed by atoms with Gasteiger partial charge in [-0.05, 0) is 66.0 Å². The number of carbonyl (C=O) groups is 1. The zero-order valence-corrected chi connectivity index (χ0v) is 14.0. The summed E-state index contributed by atoms with van der Waals surface area (Å²) >= 11 is 3.44. The Morgan fingerprint density at radius 3 is 2.43 bits per heavy atom. The fourth-order valence-corrected chi connectivity index (χ4v) is 2.60. The van der Waals surface area contributed by atoms with Crippen molar-refractivity contribution in [1.82, 2.24) is 0 Å². The van der Waals surface area contributed by atoms with Gasteiger partial charge in [-0.1, -0.05) is 23.8 Å². The summed E-state index contributed by atoms with van der Waals surface area (Å²) in [5.74, 6) is 0.554. The van der Waals surface area contributed by atoms with E-state index in [2.05, 4.69) is 21.2 Å². The Kier molecular flexibility index (Phi) is 5.02. The third-order valence-corrected chi connectivity index (χ3v) is 3.74. The van der Waals surface area contributed by atoms with E-state index in [0.717, 1.165) is 27.0 Å². The third kappa shape index (κ3) is 4.33.